The third-order valence-electron chi connectivity index (χ3n) is 9.51. The quantitative estimate of drug-likeness (QED) is 0.0285. The van der Waals surface area contributed by atoms with Gasteiger partial charge in [-0.15, -0.1) is 0 Å². The Balaban J connectivity index is 2.32. The number of ether oxygens (including phenoxy) is 4. The number of hydrogen-bond acceptors (Lipinski definition) is 9. The molecule has 0 spiro atoms. The number of allylic oxidation sites excluding steroid dienone is 8. The lowest BCUT2D eigenvalue weighted by atomic mass is 9.99. The summed E-state index contributed by atoms with van der Waals surface area (Å²) in [6.45, 7) is 4.30. The fourth-order valence-corrected chi connectivity index (χ4v) is 6.20. The van der Waals surface area contributed by atoms with Gasteiger partial charge >= 0.3 is 5.97 Å². The predicted octanol–water partition coefficient (Wildman–Crippen LogP) is 8.97. The number of hydrogen-bond donors (Lipinski definition) is 4. The third-order valence-corrected chi connectivity index (χ3v) is 9.51. The minimum atomic E-state index is -1.54. The standard InChI is InChI=1S/C44H78O9/c1-3-5-7-9-11-13-15-17-19-20-21-23-25-27-29-31-33-40(46)52-38(37-51-44-43(49)42(48)41(47)39(35-45)53-44)36-50-34-32-30-28-26-24-22-18-16-14-12-10-8-6-4-2/h6,8,12,14,18,22,26,28,38-39,41-45,47-49H,3-5,7,9-11,13,15-17,19-21,23-25,27,29-37H2,1-2H3/b8-6-,14-12-,22-18-,28-26-. The summed E-state index contributed by atoms with van der Waals surface area (Å²) < 4.78 is 22.7. The van der Waals surface area contributed by atoms with Crippen molar-refractivity contribution in [3.05, 3.63) is 48.6 Å². The maximum absolute atomic E-state index is 12.7. The Morgan fingerprint density at radius 1 is 0.623 bits per heavy atom. The molecule has 9 nitrogen and oxygen atoms in total. The minimum Gasteiger partial charge on any atom is -0.457 e. The molecule has 0 saturated carbocycles. The number of rotatable bonds is 35. The topological polar surface area (TPSA) is 135 Å². The van der Waals surface area contributed by atoms with E-state index in [9.17, 15) is 25.2 Å². The first kappa shape index (κ1) is 49.2. The Morgan fingerprint density at radius 3 is 1.66 bits per heavy atom. The van der Waals surface area contributed by atoms with E-state index >= 15 is 0 Å². The van der Waals surface area contributed by atoms with Crippen LogP contribution in [0.4, 0.5) is 0 Å². The van der Waals surface area contributed by atoms with Crippen LogP contribution in [0.3, 0.4) is 0 Å². The monoisotopic (exact) mass is 751 g/mol. The average Bonchev–Trinajstić information content (AvgIpc) is 3.16. The molecule has 1 fully saturated rings. The van der Waals surface area contributed by atoms with Gasteiger partial charge in [-0.1, -0.05) is 159 Å². The molecule has 0 aromatic heterocycles. The van der Waals surface area contributed by atoms with Crippen molar-refractivity contribution in [2.75, 3.05) is 26.4 Å². The summed E-state index contributed by atoms with van der Waals surface area (Å²) >= 11 is 0. The molecule has 4 N–H and O–H groups in total. The molecule has 0 aliphatic carbocycles. The van der Waals surface area contributed by atoms with E-state index in [1.54, 1.807) is 0 Å². The molecule has 53 heavy (non-hydrogen) atoms. The van der Waals surface area contributed by atoms with E-state index in [-0.39, 0.29) is 19.2 Å². The van der Waals surface area contributed by atoms with Gasteiger partial charge in [-0.05, 0) is 44.9 Å². The second-order valence-corrected chi connectivity index (χ2v) is 14.4. The first-order chi connectivity index (χ1) is 25.9. The molecule has 1 aliphatic heterocycles. The number of unbranched alkanes of at least 4 members (excludes halogenated alkanes) is 16. The maximum Gasteiger partial charge on any atom is 0.306 e. The van der Waals surface area contributed by atoms with Crippen LogP contribution in [0.1, 0.15) is 162 Å². The zero-order valence-electron chi connectivity index (χ0n) is 33.5. The van der Waals surface area contributed by atoms with Crippen molar-refractivity contribution in [1.82, 2.24) is 0 Å². The molecule has 0 bridgehead atoms. The van der Waals surface area contributed by atoms with Crippen molar-refractivity contribution in [2.24, 2.45) is 0 Å². The second kappa shape index (κ2) is 35.8. The third kappa shape index (κ3) is 27.4. The van der Waals surface area contributed by atoms with Gasteiger partial charge in [0.25, 0.3) is 0 Å². The highest BCUT2D eigenvalue weighted by Gasteiger charge is 2.44. The van der Waals surface area contributed by atoms with Gasteiger partial charge in [0.15, 0.2) is 6.29 Å². The molecular weight excluding hydrogens is 672 g/mol. The zero-order chi connectivity index (χ0) is 38.6. The number of aliphatic hydroxyl groups excluding tert-OH is 4. The van der Waals surface area contributed by atoms with Crippen molar-refractivity contribution < 1.29 is 44.2 Å². The molecule has 0 aromatic carbocycles. The summed E-state index contributed by atoms with van der Waals surface area (Å²) in [6, 6.07) is 0. The van der Waals surface area contributed by atoms with Crippen LogP contribution in [-0.4, -0.2) is 89.6 Å². The van der Waals surface area contributed by atoms with Crippen LogP contribution in [0.15, 0.2) is 48.6 Å². The summed E-state index contributed by atoms with van der Waals surface area (Å²) in [4.78, 5) is 12.7. The number of carbonyl (C=O) groups is 1. The Kier molecular flexibility index (Phi) is 33.2. The van der Waals surface area contributed by atoms with Crippen molar-refractivity contribution in [1.29, 1.82) is 0 Å². The largest absolute Gasteiger partial charge is 0.457 e. The highest BCUT2D eigenvalue weighted by molar-refractivity contribution is 5.69. The SMILES string of the molecule is CC/C=C\C/C=C\C/C=C\C/C=C\CCCOCC(COC1OC(CO)C(O)C(O)C1O)OC(=O)CCCCCCCCCCCCCCCCCC. The lowest BCUT2D eigenvalue weighted by molar-refractivity contribution is -0.305. The molecule has 1 aliphatic rings. The van der Waals surface area contributed by atoms with Crippen molar-refractivity contribution in [2.45, 2.75) is 198 Å². The first-order valence-corrected chi connectivity index (χ1v) is 21.2. The zero-order valence-corrected chi connectivity index (χ0v) is 33.5. The van der Waals surface area contributed by atoms with Gasteiger partial charge in [0.05, 0.1) is 19.8 Å². The van der Waals surface area contributed by atoms with Gasteiger partial charge in [-0.25, -0.2) is 0 Å². The maximum atomic E-state index is 12.7. The summed E-state index contributed by atoms with van der Waals surface area (Å²) in [7, 11) is 0. The first-order valence-electron chi connectivity index (χ1n) is 21.2. The lowest BCUT2D eigenvalue weighted by Crippen LogP contribution is -2.59. The van der Waals surface area contributed by atoms with E-state index in [0.717, 1.165) is 57.8 Å². The van der Waals surface area contributed by atoms with Gasteiger partial charge in [-0.2, -0.15) is 0 Å². The van der Waals surface area contributed by atoms with Gasteiger partial charge in [0.1, 0.15) is 30.5 Å². The summed E-state index contributed by atoms with van der Waals surface area (Å²) in [5.74, 6) is -0.332. The van der Waals surface area contributed by atoms with Crippen molar-refractivity contribution in [3.8, 4) is 0 Å². The summed E-state index contributed by atoms with van der Waals surface area (Å²) in [5.41, 5.74) is 0. The van der Waals surface area contributed by atoms with E-state index in [0.29, 0.717) is 13.0 Å². The summed E-state index contributed by atoms with van der Waals surface area (Å²) in [6.07, 6.45) is 35.8. The lowest BCUT2D eigenvalue weighted by Gasteiger charge is -2.39. The van der Waals surface area contributed by atoms with Crippen LogP contribution in [0.2, 0.25) is 0 Å². The van der Waals surface area contributed by atoms with E-state index in [4.69, 9.17) is 18.9 Å². The number of carbonyl (C=O) groups excluding carboxylic acids is 1. The Bertz CT molecular complexity index is 947. The molecule has 6 atom stereocenters. The normalized spacial score (nSPS) is 21.5. The summed E-state index contributed by atoms with van der Waals surface area (Å²) in [5, 5.41) is 40.0. The fraction of sp³-hybridized carbons (Fsp3) is 0.795. The Morgan fingerprint density at radius 2 is 1.13 bits per heavy atom. The van der Waals surface area contributed by atoms with Crippen LogP contribution in [0.5, 0.6) is 0 Å². The Hall–Kier alpha value is -1.85. The fourth-order valence-electron chi connectivity index (χ4n) is 6.20. The molecular formula is C44H78O9. The molecule has 1 heterocycles. The van der Waals surface area contributed by atoms with E-state index in [1.165, 1.54) is 83.5 Å². The second-order valence-electron chi connectivity index (χ2n) is 14.4. The van der Waals surface area contributed by atoms with E-state index in [2.05, 4.69) is 62.5 Å². The molecule has 9 heteroatoms. The smallest absolute Gasteiger partial charge is 0.306 e. The molecule has 1 saturated heterocycles. The molecule has 0 radical (unpaired) electrons. The van der Waals surface area contributed by atoms with Gasteiger partial charge in [0, 0.05) is 13.0 Å². The minimum absolute atomic E-state index is 0.107. The van der Waals surface area contributed by atoms with E-state index in [1.807, 2.05) is 0 Å². The molecule has 6 unspecified atom stereocenters. The van der Waals surface area contributed by atoms with Gasteiger partial charge in [-0.3, -0.25) is 4.79 Å². The molecule has 0 amide bonds. The van der Waals surface area contributed by atoms with Crippen LogP contribution in [-0.2, 0) is 23.7 Å². The van der Waals surface area contributed by atoms with Gasteiger partial charge in [0.2, 0.25) is 0 Å². The highest BCUT2D eigenvalue weighted by Crippen LogP contribution is 2.22. The van der Waals surface area contributed by atoms with Crippen LogP contribution < -0.4 is 0 Å². The average molecular weight is 751 g/mol. The van der Waals surface area contributed by atoms with E-state index < -0.39 is 43.4 Å². The van der Waals surface area contributed by atoms with Crippen molar-refractivity contribution >= 4 is 5.97 Å². The van der Waals surface area contributed by atoms with Gasteiger partial charge < -0.3 is 39.4 Å². The molecule has 308 valence electrons. The van der Waals surface area contributed by atoms with Crippen LogP contribution in [0, 0.1) is 0 Å². The number of esters is 1. The molecule has 0 aromatic rings. The van der Waals surface area contributed by atoms with Crippen LogP contribution in [0.25, 0.3) is 0 Å². The van der Waals surface area contributed by atoms with Crippen molar-refractivity contribution in [3.63, 3.8) is 0 Å². The predicted molar refractivity (Wildman–Crippen MR) is 215 cm³/mol. The molecule has 1 rings (SSSR count). The van der Waals surface area contributed by atoms with Crippen LogP contribution >= 0.6 is 0 Å². The number of aliphatic hydroxyl groups is 4. The highest BCUT2D eigenvalue weighted by atomic mass is 16.7. The Labute approximate surface area is 322 Å².